The molecule has 0 spiro atoms. The smallest absolute Gasteiger partial charge is 0.253 e. The normalized spacial score (nSPS) is 11.1. The molecule has 0 bridgehead atoms. The van der Waals surface area contributed by atoms with Crippen molar-refractivity contribution in [2.24, 2.45) is 0 Å². The van der Waals surface area contributed by atoms with Gasteiger partial charge in [0.15, 0.2) is 5.65 Å². The summed E-state index contributed by atoms with van der Waals surface area (Å²) in [6.07, 6.45) is 3.19. The molecule has 0 aliphatic heterocycles. The number of rotatable bonds is 5. The summed E-state index contributed by atoms with van der Waals surface area (Å²) in [5.41, 5.74) is 5.04. The average molecular weight is 379 g/mol. The fraction of sp³-hybridized carbons (Fsp3) is 0.333. The highest BCUT2D eigenvalue weighted by Crippen LogP contribution is 2.21. The first-order chi connectivity index (χ1) is 13.3. The first-order valence-corrected chi connectivity index (χ1v) is 9.25. The molecule has 2 N–H and O–H groups in total. The van der Waals surface area contributed by atoms with Crippen LogP contribution < -0.4 is 10.6 Å². The van der Waals surface area contributed by atoms with E-state index in [0.29, 0.717) is 5.56 Å². The lowest BCUT2D eigenvalue weighted by Gasteiger charge is -2.13. The number of fused-ring (bicyclic) bond motifs is 1. The molecular formula is C21H25N5O2. The number of carbonyl (C=O) groups is 2. The van der Waals surface area contributed by atoms with Crippen molar-refractivity contribution < 1.29 is 9.59 Å². The second kappa shape index (κ2) is 7.80. The van der Waals surface area contributed by atoms with Gasteiger partial charge in [0.05, 0.1) is 18.3 Å². The molecule has 0 atom stereocenters. The molecule has 3 aromatic rings. The molecule has 0 radical (unpaired) electrons. The van der Waals surface area contributed by atoms with Gasteiger partial charge in [0, 0.05) is 23.3 Å². The van der Waals surface area contributed by atoms with Crippen LogP contribution in [0.2, 0.25) is 0 Å². The Bertz CT molecular complexity index is 1030. The molecule has 2 aromatic heterocycles. The Labute approximate surface area is 164 Å². The number of benzene rings is 1. The summed E-state index contributed by atoms with van der Waals surface area (Å²) < 4.78 is 1.80. The topological polar surface area (TPSA) is 88.9 Å². The van der Waals surface area contributed by atoms with Gasteiger partial charge in [-0.25, -0.2) is 9.67 Å². The predicted molar refractivity (Wildman–Crippen MR) is 110 cm³/mol. The quantitative estimate of drug-likeness (QED) is 0.712. The van der Waals surface area contributed by atoms with Crippen LogP contribution in [0.15, 0.2) is 30.6 Å². The molecule has 28 heavy (non-hydrogen) atoms. The fourth-order valence-electron chi connectivity index (χ4n) is 3.27. The highest BCUT2D eigenvalue weighted by Gasteiger charge is 2.14. The summed E-state index contributed by atoms with van der Waals surface area (Å²) in [7, 11) is 0. The molecule has 7 nitrogen and oxygen atoms in total. The Kier molecular flexibility index (Phi) is 5.44. The van der Waals surface area contributed by atoms with Crippen molar-refractivity contribution in [2.45, 2.75) is 40.7 Å². The maximum atomic E-state index is 12.4. The molecule has 0 fully saturated rings. The van der Waals surface area contributed by atoms with E-state index in [1.54, 1.807) is 16.9 Å². The second-order valence-corrected chi connectivity index (χ2v) is 7.32. The van der Waals surface area contributed by atoms with Gasteiger partial charge >= 0.3 is 0 Å². The number of carbonyl (C=O) groups excluding carboxylic acids is 2. The number of hydrogen-bond acceptors (Lipinski definition) is 4. The van der Waals surface area contributed by atoms with Crippen molar-refractivity contribution in [1.29, 1.82) is 0 Å². The molecule has 2 amide bonds. The molecule has 0 unspecified atom stereocenters. The Morgan fingerprint density at radius 1 is 1.07 bits per heavy atom. The molecule has 0 saturated heterocycles. The molecule has 0 aliphatic rings. The minimum absolute atomic E-state index is 0.116. The number of aromatic nitrogens is 3. The lowest BCUT2D eigenvalue weighted by atomic mass is 10.1. The Balaban J connectivity index is 1.65. The lowest BCUT2D eigenvalue weighted by Crippen LogP contribution is -2.33. The van der Waals surface area contributed by atoms with Crippen LogP contribution in [-0.2, 0) is 4.79 Å². The van der Waals surface area contributed by atoms with Crippen molar-refractivity contribution >= 4 is 28.5 Å². The minimum atomic E-state index is -0.348. The van der Waals surface area contributed by atoms with Gasteiger partial charge in [0.25, 0.3) is 5.91 Å². The van der Waals surface area contributed by atoms with Gasteiger partial charge in [-0.05, 0) is 51.8 Å². The van der Waals surface area contributed by atoms with Gasteiger partial charge in [0.1, 0.15) is 0 Å². The number of amides is 2. The van der Waals surface area contributed by atoms with E-state index in [4.69, 9.17) is 0 Å². The second-order valence-electron chi connectivity index (χ2n) is 7.32. The van der Waals surface area contributed by atoms with E-state index in [1.807, 2.05) is 46.8 Å². The third-order valence-electron chi connectivity index (χ3n) is 4.54. The largest absolute Gasteiger partial charge is 0.343 e. The molecular weight excluding hydrogens is 354 g/mol. The van der Waals surface area contributed by atoms with E-state index in [1.165, 1.54) is 6.20 Å². The molecule has 2 heterocycles. The van der Waals surface area contributed by atoms with Crippen LogP contribution in [0.3, 0.4) is 0 Å². The van der Waals surface area contributed by atoms with E-state index in [9.17, 15) is 9.59 Å². The number of aryl methyl sites for hydroxylation is 3. The summed E-state index contributed by atoms with van der Waals surface area (Å²) in [5, 5.41) is 10.6. The predicted octanol–water partition coefficient (Wildman–Crippen LogP) is 3.31. The van der Waals surface area contributed by atoms with Crippen molar-refractivity contribution in [1.82, 2.24) is 20.1 Å². The highest BCUT2D eigenvalue weighted by molar-refractivity contribution is 6.01. The summed E-state index contributed by atoms with van der Waals surface area (Å²) in [4.78, 5) is 29.0. The Hall–Kier alpha value is -3.22. The third-order valence-corrected chi connectivity index (χ3v) is 4.54. The molecule has 3 rings (SSSR count). The van der Waals surface area contributed by atoms with Crippen LogP contribution in [-0.4, -0.2) is 33.1 Å². The number of pyridine rings is 1. The highest BCUT2D eigenvalue weighted by atomic mass is 16.2. The van der Waals surface area contributed by atoms with E-state index in [-0.39, 0.29) is 24.4 Å². The van der Waals surface area contributed by atoms with E-state index in [2.05, 4.69) is 20.7 Å². The zero-order valence-corrected chi connectivity index (χ0v) is 16.8. The number of hydrogen-bond donors (Lipinski definition) is 2. The van der Waals surface area contributed by atoms with Crippen LogP contribution >= 0.6 is 0 Å². The number of anilines is 1. The van der Waals surface area contributed by atoms with Crippen LogP contribution in [0.1, 0.15) is 46.9 Å². The number of nitrogens with zero attached hydrogens (tertiary/aromatic N) is 3. The van der Waals surface area contributed by atoms with E-state index in [0.717, 1.165) is 33.4 Å². The maximum Gasteiger partial charge on any atom is 0.253 e. The fourth-order valence-corrected chi connectivity index (χ4v) is 3.27. The van der Waals surface area contributed by atoms with Crippen LogP contribution in [0.25, 0.3) is 11.0 Å². The van der Waals surface area contributed by atoms with Crippen LogP contribution in [0.4, 0.5) is 5.69 Å². The first-order valence-electron chi connectivity index (χ1n) is 9.25. The van der Waals surface area contributed by atoms with E-state index < -0.39 is 0 Å². The van der Waals surface area contributed by atoms with Crippen molar-refractivity contribution in [2.75, 3.05) is 11.9 Å². The van der Waals surface area contributed by atoms with E-state index >= 15 is 0 Å². The molecule has 0 saturated carbocycles. The lowest BCUT2D eigenvalue weighted by molar-refractivity contribution is -0.115. The maximum absolute atomic E-state index is 12.4. The Morgan fingerprint density at radius 2 is 1.75 bits per heavy atom. The van der Waals surface area contributed by atoms with Crippen molar-refractivity contribution in [3.63, 3.8) is 0 Å². The number of nitrogens with one attached hydrogen (secondary N) is 2. The van der Waals surface area contributed by atoms with Gasteiger partial charge in [-0.2, -0.15) is 5.10 Å². The monoisotopic (exact) mass is 379 g/mol. The molecule has 7 heteroatoms. The third kappa shape index (κ3) is 4.03. The standard InChI is InChI=1S/C21H25N5O2/c1-12(2)26-20-16(10-24-26)8-17(9-22-20)21(28)23-11-18(27)25-19-14(4)6-13(3)7-15(19)5/h6-10,12H,11H2,1-5H3,(H,23,28)(H,25,27). The van der Waals surface area contributed by atoms with Gasteiger partial charge in [-0.1, -0.05) is 17.7 Å². The van der Waals surface area contributed by atoms with Crippen LogP contribution in [0.5, 0.6) is 0 Å². The van der Waals surface area contributed by atoms with Crippen molar-refractivity contribution in [3.05, 3.63) is 52.8 Å². The Morgan fingerprint density at radius 3 is 2.39 bits per heavy atom. The summed E-state index contributed by atoms with van der Waals surface area (Å²) >= 11 is 0. The van der Waals surface area contributed by atoms with Gasteiger partial charge in [-0.15, -0.1) is 0 Å². The van der Waals surface area contributed by atoms with Gasteiger partial charge < -0.3 is 10.6 Å². The van der Waals surface area contributed by atoms with Crippen molar-refractivity contribution in [3.8, 4) is 0 Å². The summed E-state index contributed by atoms with van der Waals surface area (Å²) in [5.74, 6) is -0.621. The summed E-state index contributed by atoms with van der Waals surface area (Å²) in [6.45, 7) is 9.84. The molecule has 1 aromatic carbocycles. The van der Waals surface area contributed by atoms with Gasteiger partial charge in [0.2, 0.25) is 5.91 Å². The van der Waals surface area contributed by atoms with Crippen LogP contribution in [0, 0.1) is 20.8 Å². The molecule has 146 valence electrons. The average Bonchev–Trinajstić information content (AvgIpc) is 3.06. The van der Waals surface area contributed by atoms with Gasteiger partial charge in [-0.3, -0.25) is 9.59 Å². The zero-order chi connectivity index (χ0) is 20.4. The minimum Gasteiger partial charge on any atom is -0.343 e. The first kappa shape index (κ1) is 19.5. The molecule has 0 aliphatic carbocycles. The SMILES string of the molecule is Cc1cc(C)c(NC(=O)CNC(=O)c2cnc3c(cnn3C(C)C)c2)c(C)c1. The summed E-state index contributed by atoms with van der Waals surface area (Å²) in [6, 6.07) is 5.94. The zero-order valence-electron chi connectivity index (χ0n) is 16.8.